The van der Waals surface area contributed by atoms with E-state index in [1.165, 1.54) is 24.4 Å². The Morgan fingerprint density at radius 1 is 1.08 bits per heavy atom. The van der Waals surface area contributed by atoms with Crippen LogP contribution in [0.1, 0.15) is 22.9 Å². The van der Waals surface area contributed by atoms with Crippen LogP contribution in [0.5, 0.6) is 17.4 Å². The molecule has 9 nitrogen and oxygen atoms in total. The first-order chi connectivity index (χ1) is 18.0. The SMILES string of the molecule is COc1cc([C@@H]2Nc3ccccc3-c3nnc(SCc4ccc(C)cc4)nc3O2)ccc1OCC(=O)O. The maximum absolute atomic E-state index is 10.9. The monoisotopic (exact) mass is 516 g/mol. The number of nitrogens with one attached hydrogen (secondary N) is 1. The van der Waals surface area contributed by atoms with Gasteiger partial charge in [0.1, 0.15) is 0 Å². The molecule has 5 rings (SSSR count). The van der Waals surface area contributed by atoms with Gasteiger partial charge in [0.25, 0.3) is 0 Å². The summed E-state index contributed by atoms with van der Waals surface area (Å²) in [4.78, 5) is 15.6. The average Bonchev–Trinajstić information content (AvgIpc) is 3.08. The fourth-order valence-corrected chi connectivity index (χ4v) is 4.53. The number of aliphatic carboxylic acids is 1. The van der Waals surface area contributed by atoms with Crippen LogP contribution >= 0.6 is 11.8 Å². The van der Waals surface area contributed by atoms with E-state index in [2.05, 4.69) is 46.7 Å². The molecule has 3 aromatic carbocycles. The molecule has 1 aliphatic heterocycles. The lowest BCUT2D eigenvalue weighted by Crippen LogP contribution is -2.17. The average molecular weight is 517 g/mol. The molecule has 1 aromatic heterocycles. The van der Waals surface area contributed by atoms with E-state index in [0.717, 1.165) is 22.4 Å². The van der Waals surface area contributed by atoms with Gasteiger partial charge in [-0.15, -0.1) is 10.2 Å². The van der Waals surface area contributed by atoms with Crippen molar-refractivity contribution in [3.63, 3.8) is 0 Å². The lowest BCUT2D eigenvalue weighted by atomic mass is 10.1. The molecule has 10 heteroatoms. The van der Waals surface area contributed by atoms with Gasteiger partial charge in [-0.1, -0.05) is 59.8 Å². The van der Waals surface area contributed by atoms with Gasteiger partial charge in [-0.3, -0.25) is 0 Å². The Kier molecular flexibility index (Phi) is 7.09. The van der Waals surface area contributed by atoms with Crippen molar-refractivity contribution in [2.75, 3.05) is 19.0 Å². The van der Waals surface area contributed by atoms with E-state index in [4.69, 9.17) is 24.3 Å². The molecule has 0 amide bonds. The number of hydrogen-bond acceptors (Lipinski definition) is 9. The predicted molar refractivity (Wildman–Crippen MR) is 139 cm³/mol. The summed E-state index contributed by atoms with van der Waals surface area (Å²) in [5, 5.41) is 21.7. The normalized spacial score (nSPS) is 13.8. The van der Waals surface area contributed by atoms with Crippen LogP contribution in [0.3, 0.4) is 0 Å². The molecule has 0 bridgehead atoms. The number of aromatic nitrogens is 3. The van der Waals surface area contributed by atoms with Crippen molar-refractivity contribution < 1.29 is 24.1 Å². The first-order valence-corrected chi connectivity index (χ1v) is 12.5. The predicted octanol–water partition coefficient (Wildman–Crippen LogP) is 5.11. The van der Waals surface area contributed by atoms with Crippen LogP contribution in [0.15, 0.2) is 71.9 Å². The number of thioether (sulfide) groups is 1. The minimum atomic E-state index is -1.07. The molecule has 2 heterocycles. The van der Waals surface area contributed by atoms with E-state index in [-0.39, 0.29) is 0 Å². The maximum atomic E-state index is 10.9. The zero-order valence-electron chi connectivity index (χ0n) is 20.2. The van der Waals surface area contributed by atoms with Crippen molar-refractivity contribution >= 4 is 23.4 Å². The summed E-state index contributed by atoms with van der Waals surface area (Å²) in [7, 11) is 1.49. The van der Waals surface area contributed by atoms with Gasteiger partial charge in [0.2, 0.25) is 11.0 Å². The number of para-hydroxylation sites is 1. The third-order valence-corrected chi connectivity index (χ3v) is 6.57. The zero-order chi connectivity index (χ0) is 25.8. The fraction of sp³-hybridized carbons (Fsp3) is 0.185. The first kappa shape index (κ1) is 24.4. The molecule has 188 valence electrons. The quantitative estimate of drug-likeness (QED) is 0.306. The summed E-state index contributed by atoms with van der Waals surface area (Å²) < 4.78 is 17.1. The number of carboxylic acids is 1. The molecular weight excluding hydrogens is 492 g/mol. The minimum Gasteiger partial charge on any atom is -0.493 e. The van der Waals surface area contributed by atoms with Gasteiger partial charge >= 0.3 is 5.97 Å². The van der Waals surface area contributed by atoms with E-state index in [1.807, 2.05) is 24.3 Å². The highest BCUT2D eigenvalue weighted by atomic mass is 32.2. The molecule has 4 aromatic rings. The largest absolute Gasteiger partial charge is 0.493 e. The Morgan fingerprint density at radius 3 is 2.68 bits per heavy atom. The van der Waals surface area contributed by atoms with E-state index < -0.39 is 18.8 Å². The van der Waals surface area contributed by atoms with E-state index in [9.17, 15) is 4.79 Å². The smallest absolute Gasteiger partial charge is 0.341 e. The van der Waals surface area contributed by atoms with Crippen molar-refractivity contribution in [1.82, 2.24) is 15.2 Å². The van der Waals surface area contributed by atoms with Gasteiger partial charge in [0.15, 0.2) is 30.0 Å². The van der Waals surface area contributed by atoms with Gasteiger partial charge in [0, 0.05) is 22.6 Å². The van der Waals surface area contributed by atoms with E-state index >= 15 is 0 Å². The number of rotatable bonds is 8. The number of ether oxygens (including phenoxy) is 3. The van der Waals surface area contributed by atoms with Gasteiger partial charge in [-0.25, -0.2) is 4.79 Å². The fourth-order valence-electron chi connectivity index (χ4n) is 3.80. The topological polar surface area (TPSA) is 116 Å². The van der Waals surface area contributed by atoms with Crippen LogP contribution < -0.4 is 19.5 Å². The van der Waals surface area contributed by atoms with Gasteiger partial charge in [0.05, 0.1) is 7.11 Å². The van der Waals surface area contributed by atoms with Crippen molar-refractivity contribution in [2.45, 2.75) is 24.1 Å². The number of hydrogen-bond donors (Lipinski definition) is 2. The number of benzene rings is 3. The molecule has 1 aliphatic rings. The number of methoxy groups -OCH3 is 1. The van der Waals surface area contributed by atoms with Gasteiger partial charge in [-0.2, -0.15) is 4.98 Å². The Bertz CT molecular complexity index is 1430. The molecule has 37 heavy (non-hydrogen) atoms. The van der Waals surface area contributed by atoms with Crippen molar-refractivity contribution in [2.24, 2.45) is 0 Å². The Balaban J connectivity index is 1.45. The van der Waals surface area contributed by atoms with Crippen LogP contribution in [0.2, 0.25) is 0 Å². The lowest BCUT2D eigenvalue weighted by molar-refractivity contribution is -0.139. The zero-order valence-corrected chi connectivity index (χ0v) is 21.0. The summed E-state index contributed by atoms with van der Waals surface area (Å²) in [6.45, 7) is 1.59. The number of carboxylic acid groups (broad SMARTS) is 1. The number of fused-ring (bicyclic) bond motifs is 3. The number of anilines is 1. The minimum absolute atomic E-state index is 0.321. The van der Waals surface area contributed by atoms with Crippen LogP contribution in [-0.4, -0.2) is 40.0 Å². The van der Waals surface area contributed by atoms with Crippen LogP contribution in [0, 0.1) is 6.92 Å². The lowest BCUT2D eigenvalue weighted by Gasteiger charge is -2.20. The van der Waals surface area contributed by atoms with Crippen LogP contribution in [-0.2, 0) is 10.5 Å². The second-order valence-corrected chi connectivity index (χ2v) is 9.25. The molecule has 0 aliphatic carbocycles. The molecule has 1 atom stereocenters. The summed E-state index contributed by atoms with van der Waals surface area (Å²) in [5.74, 6) is 0.692. The summed E-state index contributed by atoms with van der Waals surface area (Å²) >= 11 is 1.48. The Hall–Kier alpha value is -4.31. The number of carbonyl (C=O) groups is 1. The molecule has 0 fully saturated rings. The summed E-state index contributed by atoms with van der Waals surface area (Å²) in [5.41, 5.74) is 5.28. The van der Waals surface area contributed by atoms with Crippen molar-refractivity contribution in [3.05, 3.63) is 83.4 Å². The van der Waals surface area contributed by atoms with E-state index in [0.29, 0.717) is 34.0 Å². The second kappa shape index (κ2) is 10.8. The maximum Gasteiger partial charge on any atom is 0.341 e. The molecule has 0 radical (unpaired) electrons. The van der Waals surface area contributed by atoms with Gasteiger partial charge in [-0.05, 0) is 36.8 Å². The van der Waals surface area contributed by atoms with Crippen molar-refractivity contribution in [3.8, 4) is 28.6 Å². The van der Waals surface area contributed by atoms with Crippen LogP contribution in [0.25, 0.3) is 11.3 Å². The highest BCUT2D eigenvalue weighted by Crippen LogP contribution is 2.41. The van der Waals surface area contributed by atoms with E-state index in [1.54, 1.807) is 18.2 Å². The molecule has 2 N–H and O–H groups in total. The van der Waals surface area contributed by atoms with Crippen LogP contribution in [0.4, 0.5) is 5.69 Å². The molecule has 0 saturated carbocycles. The Morgan fingerprint density at radius 2 is 1.89 bits per heavy atom. The van der Waals surface area contributed by atoms with Gasteiger partial charge < -0.3 is 24.6 Å². The number of nitrogens with zero attached hydrogens (tertiary/aromatic N) is 3. The molecule has 0 saturated heterocycles. The molecular formula is C27H24N4O5S. The Labute approximate surface area is 217 Å². The second-order valence-electron chi connectivity index (χ2n) is 8.30. The highest BCUT2D eigenvalue weighted by molar-refractivity contribution is 7.98. The molecule has 0 unspecified atom stereocenters. The number of aryl methyl sites for hydroxylation is 1. The third kappa shape index (κ3) is 5.59. The summed E-state index contributed by atoms with van der Waals surface area (Å²) in [6.07, 6.45) is -0.628. The summed E-state index contributed by atoms with van der Waals surface area (Å²) in [6, 6.07) is 21.2. The van der Waals surface area contributed by atoms with Crippen molar-refractivity contribution in [1.29, 1.82) is 0 Å². The third-order valence-electron chi connectivity index (χ3n) is 5.66. The standard InChI is InChI=1S/C27H24N4O5S/c1-16-7-9-17(10-8-16)15-37-27-29-26-24(30-31-27)19-5-3-4-6-20(19)28-25(36-26)18-11-12-21(22(13-18)34-2)35-14-23(32)33/h3-13,25,28H,14-15H2,1-2H3,(H,32,33)/t25-/m1/s1. The molecule has 0 spiro atoms. The first-order valence-electron chi connectivity index (χ1n) is 11.5. The highest BCUT2D eigenvalue weighted by Gasteiger charge is 2.27.